The van der Waals surface area contributed by atoms with E-state index in [-0.39, 0.29) is 5.91 Å². The number of carbonyl (C=O) groups excluding carboxylic acids is 1. The molecule has 2 aromatic rings. The highest BCUT2D eigenvalue weighted by Crippen LogP contribution is 2.22. The normalized spacial score (nSPS) is 10.6. The number of aryl methyl sites for hydroxylation is 1. The second-order valence-electron chi connectivity index (χ2n) is 4.18. The highest BCUT2D eigenvalue weighted by Gasteiger charge is 2.07. The van der Waals surface area contributed by atoms with Gasteiger partial charge in [0.15, 0.2) is 5.69 Å². The van der Waals surface area contributed by atoms with Crippen molar-refractivity contribution in [3.05, 3.63) is 41.7 Å². The lowest BCUT2D eigenvalue weighted by Crippen LogP contribution is -2.18. The van der Waals surface area contributed by atoms with Crippen LogP contribution in [-0.2, 0) is 7.05 Å². The molecular formula is C14H16N4O3. The third kappa shape index (κ3) is 3.59. The average Bonchev–Trinajstić information content (AvgIpc) is 2.93. The summed E-state index contributed by atoms with van der Waals surface area (Å²) in [5, 5.41) is 7.89. The lowest BCUT2D eigenvalue weighted by molar-refractivity contribution is 0.0949. The van der Waals surface area contributed by atoms with Crippen LogP contribution in [0.25, 0.3) is 0 Å². The minimum atomic E-state index is -0.381. The molecule has 0 spiro atoms. The van der Waals surface area contributed by atoms with E-state index in [4.69, 9.17) is 9.47 Å². The van der Waals surface area contributed by atoms with Crippen molar-refractivity contribution < 1.29 is 14.3 Å². The molecule has 110 valence electrons. The second-order valence-corrected chi connectivity index (χ2v) is 4.18. The maximum absolute atomic E-state index is 11.8. The number of hydrogen-bond donors (Lipinski definition) is 1. The molecule has 0 fully saturated rings. The van der Waals surface area contributed by atoms with Gasteiger partial charge in [-0.25, -0.2) is 5.43 Å². The number of ether oxygens (including phenoxy) is 2. The molecule has 0 aliphatic carbocycles. The van der Waals surface area contributed by atoms with Crippen molar-refractivity contribution in [1.82, 2.24) is 15.2 Å². The van der Waals surface area contributed by atoms with Crippen LogP contribution >= 0.6 is 0 Å². The molecule has 0 radical (unpaired) electrons. The number of methoxy groups -OCH3 is 2. The summed E-state index contributed by atoms with van der Waals surface area (Å²) in [6, 6.07) is 6.91. The number of nitrogens with one attached hydrogen (secondary N) is 1. The Kier molecular flexibility index (Phi) is 4.55. The number of hydrogen-bond acceptors (Lipinski definition) is 5. The van der Waals surface area contributed by atoms with Crippen LogP contribution in [0.5, 0.6) is 11.5 Å². The molecule has 0 unspecified atom stereocenters. The number of hydrazone groups is 1. The van der Waals surface area contributed by atoms with Crippen molar-refractivity contribution in [3.63, 3.8) is 0 Å². The Hall–Kier alpha value is -2.83. The zero-order valence-corrected chi connectivity index (χ0v) is 12.0. The Labute approximate surface area is 122 Å². The summed E-state index contributed by atoms with van der Waals surface area (Å²) >= 11 is 0. The summed E-state index contributed by atoms with van der Waals surface area (Å²) in [4.78, 5) is 11.8. The van der Waals surface area contributed by atoms with E-state index in [1.807, 2.05) is 0 Å². The number of nitrogens with zero attached hydrogens (tertiary/aromatic N) is 3. The van der Waals surface area contributed by atoms with Gasteiger partial charge in [-0.05, 0) is 24.3 Å². The molecule has 1 aromatic carbocycles. The Morgan fingerprint density at radius 2 is 2.14 bits per heavy atom. The van der Waals surface area contributed by atoms with Gasteiger partial charge in [-0.3, -0.25) is 9.48 Å². The smallest absolute Gasteiger partial charge is 0.291 e. The fraction of sp³-hybridized carbons (Fsp3) is 0.214. The Balaban J connectivity index is 2.08. The largest absolute Gasteiger partial charge is 0.497 e. The molecule has 1 aromatic heterocycles. The lowest BCUT2D eigenvalue weighted by atomic mass is 10.2. The van der Waals surface area contributed by atoms with Gasteiger partial charge in [0.05, 0.1) is 20.4 Å². The summed E-state index contributed by atoms with van der Waals surface area (Å²) < 4.78 is 11.9. The van der Waals surface area contributed by atoms with Crippen molar-refractivity contribution in [1.29, 1.82) is 0 Å². The quantitative estimate of drug-likeness (QED) is 0.662. The molecule has 1 heterocycles. The van der Waals surface area contributed by atoms with Crippen molar-refractivity contribution in [2.24, 2.45) is 12.1 Å². The fourth-order valence-electron chi connectivity index (χ4n) is 1.69. The minimum Gasteiger partial charge on any atom is -0.497 e. The standard InChI is InChI=1S/C14H16N4O3/c1-18-7-6-12(17-18)14(19)16-15-9-10-8-11(20-2)4-5-13(10)21-3/h4-9H,1-3H3,(H,16,19)/b15-9+. The van der Waals surface area contributed by atoms with Gasteiger partial charge in [0, 0.05) is 18.8 Å². The van der Waals surface area contributed by atoms with Gasteiger partial charge in [0.25, 0.3) is 5.91 Å². The van der Waals surface area contributed by atoms with Crippen molar-refractivity contribution >= 4 is 12.1 Å². The van der Waals surface area contributed by atoms with Crippen molar-refractivity contribution in [3.8, 4) is 11.5 Å². The Morgan fingerprint density at radius 3 is 2.76 bits per heavy atom. The number of rotatable bonds is 5. The first-order valence-corrected chi connectivity index (χ1v) is 6.19. The first-order valence-electron chi connectivity index (χ1n) is 6.19. The molecule has 0 aliphatic heterocycles. The summed E-state index contributed by atoms with van der Waals surface area (Å²) in [6.07, 6.45) is 3.17. The molecule has 1 amide bonds. The van der Waals surface area contributed by atoms with E-state index >= 15 is 0 Å². The van der Waals surface area contributed by atoms with Crippen LogP contribution in [0.3, 0.4) is 0 Å². The van der Waals surface area contributed by atoms with Crippen LogP contribution in [-0.4, -0.2) is 36.1 Å². The molecule has 7 heteroatoms. The van der Waals surface area contributed by atoms with Crippen LogP contribution in [0, 0.1) is 0 Å². The first kappa shape index (κ1) is 14.6. The van der Waals surface area contributed by atoms with Crippen molar-refractivity contribution in [2.45, 2.75) is 0 Å². The van der Waals surface area contributed by atoms with Crippen LogP contribution in [0.4, 0.5) is 0 Å². The zero-order chi connectivity index (χ0) is 15.2. The molecule has 0 saturated heterocycles. The maximum Gasteiger partial charge on any atom is 0.291 e. The predicted octanol–water partition coefficient (Wildman–Crippen LogP) is 1.20. The second kappa shape index (κ2) is 6.56. The van der Waals surface area contributed by atoms with E-state index in [1.54, 1.807) is 56.4 Å². The summed E-state index contributed by atoms with van der Waals surface area (Å²) in [7, 11) is 4.87. The van der Waals surface area contributed by atoms with E-state index in [2.05, 4.69) is 15.6 Å². The summed E-state index contributed by atoms with van der Waals surface area (Å²) in [5.74, 6) is 0.925. The third-order valence-electron chi connectivity index (χ3n) is 2.75. The van der Waals surface area contributed by atoms with E-state index in [1.165, 1.54) is 6.21 Å². The molecule has 0 atom stereocenters. The Bertz CT molecular complexity index is 664. The van der Waals surface area contributed by atoms with Gasteiger partial charge in [0.1, 0.15) is 11.5 Å². The lowest BCUT2D eigenvalue weighted by Gasteiger charge is -2.06. The molecule has 0 saturated carbocycles. The highest BCUT2D eigenvalue weighted by molar-refractivity contribution is 5.93. The van der Waals surface area contributed by atoms with E-state index < -0.39 is 0 Å². The van der Waals surface area contributed by atoms with Gasteiger partial charge in [0.2, 0.25) is 0 Å². The number of amides is 1. The topological polar surface area (TPSA) is 77.7 Å². The number of aromatic nitrogens is 2. The van der Waals surface area contributed by atoms with Crippen LogP contribution in [0.15, 0.2) is 35.6 Å². The van der Waals surface area contributed by atoms with Gasteiger partial charge in [-0.2, -0.15) is 10.2 Å². The van der Waals surface area contributed by atoms with Gasteiger partial charge in [-0.1, -0.05) is 0 Å². The monoisotopic (exact) mass is 288 g/mol. The summed E-state index contributed by atoms with van der Waals surface area (Å²) in [6.45, 7) is 0. The van der Waals surface area contributed by atoms with E-state index in [9.17, 15) is 4.79 Å². The molecule has 21 heavy (non-hydrogen) atoms. The van der Waals surface area contributed by atoms with Crippen molar-refractivity contribution in [2.75, 3.05) is 14.2 Å². The van der Waals surface area contributed by atoms with Crippen LogP contribution in [0.1, 0.15) is 16.1 Å². The highest BCUT2D eigenvalue weighted by atomic mass is 16.5. The van der Waals surface area contributed by atoms with Gasteiger partial charge in [-0.15, -0.1) is 0 Å². The number of carbonyl (C=O) groups is 1. The van der Waals surface area contributed by atoms with Gasteiger partial charge < -0.3 is 9.47 Å². The van der Waals surface area contributed by atoms with Gasteiger partial charge >= 0.3 is 0 Å². The van der Waals surface area contributed by atoms with E-state index in [0.29, 0.717) is 22.8 Å². The zero-order valence-electron chi connectivity index (χ0n) is 12.0. The molecular weight excluding hydrogens is 272 g/mol. The minimum absolute atomic E-state index is 0.298. The maximum atomic E-state index is 11.8. The average molecular weight is 288 g/mol. The number of benzene rings is 1. The van der Waals surface area contributed by atoms with E-state index in [0.717, 1.165) is 0 Å². The summed E-state index contributed by atoms with van der Waals surface area (Å²) in [5.41, 5.74) is 3.40. The van der Waals surface area contributed by atoms with Crippen LogP contribution in [0.2, 0.25) is 0 Å². The van der Waals surface area contributed by atoms with Crippen LogP contribution < -0.4 is 14.9 Å². The fourth-order valence-corrected chi connectivity index (χ4v) is 1.69. The molecule has 7 nitrogen and oxygen atoms in total. The predicted molar refractivity (Wildman–Crippen MR) is 77.8 cm³/mol. The first-order chi connectivity index (χ1) is 10.1. The molecule has 2 rings (SSSR count). The SMILES string of the molecule is COc1ccc(OC)c(/C=N/NC(=O)c2ccn(C)n2)c1. The Morgan fingerprint density at radius 1 is 1.33 bits per heavy atom. The third-order valence-corrected chi connectivity index (χ3v) is 2.75. The molecule has 0 bridgehead atoms. The molecule has 1 N–H and O–H groups in total. The molecule has 0 aliphatic rings.